The Hall–Kier alpha value is -0.780. The third kappa shape index (κ3) is 1.26. The number of fused-ring (bicyclic) bond motifs is 1. The molecule has 0 fully saturated rings. The fraction of sp³-hybridized carbons (Fsp3) is 0.500. The lowest BCUT2D eigenvalue weighted by molar-refractivity contribution is 0.590. The molecule has 0 heterocycles. The summed E-state index contributed by atoms with van der Waals surface area (Å²) in [4.78, 5) is 0. The molecule has 0 heteroatoms. The van der Waals surface area contributed by atoms with Gasteiger partial charge in [-0.1, -0.05) is 30.7 Å². The fourth-order valence-electron chi connectivity index (χ4n) is 2.19. The van der Waals surface area contributed by atoms with Crippen molar-refractivity contribution in [2.45, 2.75) is 39.0 Å². The zero-order valence-electron chi connectivity index (χ0n) is 7.93. The monoisotopic (exact) mass is 160 g/mol. The molecule has 64 valence electrons. The van der Waals surface area contributed by atoms with Crippen molar-refractivity contribution in [3.8, 4) is 0 Å². The van der Waals surface area contributed by atoms with E-state index < -0.39 is 0 Å². The summed E-state index contributed by atoms with van der Waals surface area (Å²) in [7, 11) is 0. The Bertz CT molecular complexity index is 286. The van der Waals surface area contributed by atoms with Gasteiger partial charge < -0.3 is 0 Å². The van der Waals surface area contributed by atoms with Gasteiger partial charge in [0.1, 0.15) is 0 Å². The number of benzene rings is 1. The summed E-state index contributed by atoms with van der Waals surface area (Å²) in [5, 5.41) is 0. The Kier molecular flexibility index (Phi) is 1.92. The van der Waals surface area contributed by atoms with E-state index in [1.165, 1.54) is 24.8 Å². The normalized spacial score (nSPS) is 22.0. The van der Waals surface area contributed by atoms with Gasteiger partial charge >= 0.3 is 0 Å². The van der Waals surface area contributed by atoms with Gasteiger partial charge in [0.15, 0.2) is 0 Å². The predicted molar refractivity (Wildman–Crippen MR) is 52.5 cm³/mol. The molecule has 1 aliphatic rings. The highest BCUT2D eigenvalue weighted by Crippen LogP contribution is 2.31. The van der Waals surface area contributed by atoms with Crippen LogP contribution in [0.1, 0.15) is 42.4 Å². The maximum Gasteiger partial charge on any atom is -0.0188 e. The van der Waals surface area contributed by atoms with E-state index in [0.29, 0.717) is 0 Å². The van der Waals surface area contributed by atoms with Crippen molar-refractivity contribution >= 4 is 0 Å². The zero-order valence-corrected chi connectivity index (χ0v) is 7.93. The first-order valence-electron chi connectivity index (χ1n) is 4.87. The van der Waals surface area contributed by atoms with E-state index in [4.69, 9.17) is 0 Å². The molecule has 1 aromatic rings. The Labute approximate surface area is 74.6 Å². The van der Waals surface area contributed by atoms with E-state index in [2.05, 4.69) is 32.0 Å². The van der Waals surface area contributed by atoms with Crippen molar-refractivity contribution in [3.63, 3.8) is 0 Å². The minimum atomic E-state index is 0.786. The first-order valence-corrected chi connectivity index (χ1v) is 4.87. The summed E-state index contributed by atoms with van der Waals surface area (Å²) in [5.74, 6) is 0.786. The van der Waals surface area contributed by atoms with Gasteiger partial charge in [0.25, 0.3) is 0 Å². The van der Waals surface area contributed by atoms with Crippen molar-refractivity contribution in [1.82, 2.24) is 0 Å². The molecule has 0 unspecified atom stereocenters. The van der Waals surface area contributed by atoms with Crippen LogP contribution in [0.4, 0.5) is 0 Å². The highest BCUT2D eigenvalue weighted by atomic mass is 14.2. The smallest absolute Gasteiger partial charge is 0.0188 e. The summed E-state index contributed by atoms with van der Waals surface area (Å²) in [6.45, 7) is 4.52. The summed E-state index contributed by atoms with van der Waals surface area (Å²) in [6, 6.07) is 6.90. The third-order valence-electron chi connectivity index (χ3n) is 2.91. The van der Waals surface area contributed by atoms with E-state index in [1.54, 1.807) is 11.1 Å². The van der Waals surface area contributed by atoms with Crippen molar-refractivity contribution < 1.29 is 0 Å². The molecule has 0 amide bonds. The Morgan fingerprint density at radius 1 is 1.33 bits per heavy atom. The van der Waals surface area contributed by atoms with Crippen LogP contribution in [0.25, 0.3) is 0 Å². The number of rotatable bonds is 0. The fourth-order valence-corrected chi connectivity index (χ4v) is 2.19. The van der Waals surface area contributed by atoms with Gasteiger partial charge in [-0.3, -0.25) is 0 Å². The van der Waals surface area contributed by atoms with E-state index in [9.17, 15) is 0 Å². The molecule has 12 heavy (non-hydrogen) atoms. The van der Waals surface area contributed by atoms with Crippen molar-refractivity contribution in [2.75, 3.05) is 0 Å². The Balaban J connectivity index is 2.46. The standard InChI is InChI=1S/C12H16/c1-9-6-7-12-10(2)4-3-5-11(12)8-9/h6-8,10H,3-5H2,1-2H3/t10-/m0/s1. The van der Waals surface area contributed by atoms with E-state index >= 15 is 0 Å². The second-order valence-electron chi connectivity index (χ2n) is 4.00. The lowest BCUT2D eigenvalue weighted by atomic mass is 9.83. The molecular formula is C12H16. The first kappa shape index (κ1) is 7.85. The minimum absolute atomic E-state index is 0.786. The second-order valence-corrected chi connectivity index (χ2v) is 4.00. The molecule has 2 rings (SSSR count). The molecule has 0 aromatic heterocycles. The molecule has 0 nitrogen and oxygen atoms in total. The van der Waals surface area contributed by atoms with Crippen LogP contribution >= 0.6 is 0 Å². The van der Waals surface area contributed by atoms with Crippen molar-refractivity contribution in [2.24, 2.45) is 0 Å². The van der Waals surface area contributed by atoms with Gasteiger partial charge in [0.2, 0.25) is 0 Å². The zero-order chi connectivity index (χ0) is 8.55. The lowest BCUT2D eigenvalue weighted by Gasteiger charge is -2.22. The molecule has 1 aliphatic carbocycles. The topological polar surface area (TPSA) is 0 Å². The van der Waals surface area contributed by atoms with E-state index in [1.807, 2.05) is 0 Å². The number of hydrogen-bond donors (Lipinski definition) is 0. The molecule has 1 atom stereocenters. The van der Waals surface area contributed by atoms with Crippen LogP contribution in [0.5, 0.6) is 0 Å². The van der Waals surface area contributed by atoms with Gasteiger partial charge in [-0.15, -0.1) is 0 Å². The molecule has 0 radical (unpaired) electrons. The number of hydrogen-bond acceptors (Lipinski definition) is 0. The first-order chi connectivity index (χ1) is 5.77. The van der Waals surface area contributed by atoms with Crippen molar-refractivity contribution in [3.05, 3.63) is 34.9 Å². The van der Waals surface area contributed by atoms with Gasteiger partial charge in [0, 0.05) is 0 Å². The minimum Gasteiger partial charge on any atom is -0.0590 e. The van der Waals surface area contributed by atoms with Gasteiger partial charge in [-0.2, -0.15) is 0 Å². The highest BCUT2D eigenvalue weighted by Gasteiger charge is 2.15. The van der Waals surface area contributed by atoms with E-state index in [-0.39, 0.29) is 0 Å². The molecule has 0 bridgehead atoms. The maximum absolute atomic E-state index is 2.35. The summed E-state index contributed by atoms with van der Waals surface area (Å²) < 4.78 is 0. The van der Waals surface area contributed by atoms with Gasteiger partial charge in [-0.05, 0) is 43.2 Å². The van der Waals surface area contributed by atoms with E-state index in [0.717, 1.165) is 5.92 Å². The van der Waals surface area contributed by atoms with Crippen LogP contribution in [0.15, 0.2) is 18.2 Å². The van der Waals surface area contributed by atoms with Gasteiger partial charge in [-0.25, -0.2) is 0 Å². The summed E-state index contributed by atoms with van der Waals surface area (Å²) in [6.07, 6.45) is 4.04. The highest BCUT2D eigenvalue weighted by molar-refractivity contribution is 5.35. The quantitative estimate of drug-likeness (QED) is 0.545. The van der Waals surface area contributed by atoms with Gasteiger partial charge in [0.05, 0.1) is 0 Å². The van der Waals surface area contributed by atoms with Crippen LogP contribution in [-0.2, 0) is 6.42 Å². The SMILES string of the molecule is Cc1ccc2c(c1)CCC[C@@H]2C. The van der Waals surface area contributed by atoms with Crippen LogP contribution in [0.2, 0.25) is 0 Å². The Morgan fingerprint density at radius 3 is 3.00 bits per heavy atom. The third-order valence-corrected chi connectivity index (χ3v) is 2.91. The predicted octanol–water partition coefficient (Wildman–Crippen LogP) is 3.43. The Morgan fingerprint density at radius 2 is 2.17 bits per heavy atom. The average molecular weight is 160 g/mol. The molecule has 0 aliphatic heterocycles. The molecule has 0 N–H and O–H groups in total. The summed E-state index contributed by atoms with van der Waals surface area (Å²) >= 11 is 0. The molecule has 0 saturated heterocycles. The molecular weight excluding hydrogens is 144 g/mol. The molecule has 0 saturated carbocycles. The number of aryl methyl sites for hydroxylation is 2. The average Bonchev–Trinajstić information content (AvgIpc) is 2.04. The van der Waals surface area contributed by atoms with Crippen LogP contribution in [-0.4, -0.2) is 0 Å². The van der Waals surface area contributed by atoms with Crippen molar-refractivity contribution in [1.29, 1.82) is 0 Å². The maximum atomic E-state index is 2.35. The lowest BCUT2D eigenvalue weighted by Crippen LogP contribution is -2.06. The largest absolute Gasteiger partial charge is 0.0590 e. The molecule has 1 aromatic carbocycles. The van der Waals surface area contributed by atoms with Crippen LogP contribution < -0.4 is 0 Å². The summed E-state index contributed by atoms with van der Waals surface area (Å²) in [5.41, 5.74) is 4.59. The second kappa shape index (κ2) is 2.93. The molecule has 0 spiro atoms. The van der Waals surface area contributed by atoms with Crippen LogP contribution in [0.3, 0.4) is 0 Å². The van der Waals surface area contributed by atoms with Crippen LogP contribution in [0, 0.1) is 6.92 Å².